The molecule has 2 bridgehead atoms. The Morgan fingerprint density at radius 3 is 2.50 bits per heavy atom. The molecule has 1 aromatic rings. The molecular weight excluding hydrogens is 607 g/mol. The van der Waals surface area contributed by atoms with E-state index in [0.29, 0.717) is 63.4 Å². The molecule has 0 unspecified atom stereocenters. The van der Waals surface area contributed by atoms with Crippen molar-refractivity contribution in [2.24, 2.45) is 0 Å². The molecule has 3 heterocycles. The Kier molecular flexibility index (Phi) is 11.8. The molecule has 44 heavy (non-hydrogen) atoms. The average Bonchev–Trinajstić information content (AvgIpc) is 3.33. The lowest BCUT2D eigenvalue weighted by molar-refractivity contribution is -0.141. The Balaban J connectivity index is 1.62. The van der Waals surface area contributed by atoms with Crippen molar-refractivity contribution in [1.29, 1.82) is 0 Å². The molecule has 0 saturated carbocycles. The summed E-state index contributed by atoms with van der Waals surface area (Å²) in [5, 5.41) is 7.11. The lowest BCUT2D eigenvalue weighted by atomic mass is 10.0. The molecule has 12 nitrogen and oxygen atoms in total. The van der Waals surface area contributed by atoms with Crippen molar-refractivity contribution in [3.05, 3.63) is 29.8 Å². The molecule has 3 aliphatic rings. The predicted molar refractivity (Wildman–Crippen MR) is 153 cm³/mol. The third kappa shape index (κ3) is 10.0. The van der Waals surface area contributed by atoms with Crippen molar-refractivity contribution in [3.63, 3.8) is 0 Å². The fourth-order valence-electron chi connectivity index (χ4n) is 5.49. The van der Waals surface area contributed by atoms with Crippen molar-refractivity contribution >= 4 is 27.7 Å². The summed E-state index contributed by atoms with van der Waals surface area (Å²) in [5.74, 6) is -2.02. The van der Waals surface area contributed by atoms with Crippen LogP contribution >= 0.6 is 0 Å². The zero-order valence-electron chi connectivity index (χ0n) is 24.4. The zero-order chi connectivity index (χ0) is 31.7. The molecule has 0 spiro atoms. The van der Waals surface area contributed by atoms with Gasteiger partial charge in [0.15, 0.2) is 0 Å². The Hall–Kier alpha value is -2.95. The van der Waals surface area contributed by atoms with Crippen LogP contribution in [0.3, 0.4) is 0 Å². The number of alkyl halides is 3. The van der Waals surface area contributed by atoms with Gasteiger partial charge < -0.3 is 25.4 Å². The number of ether oxygens (including phenoxy) is 2. The first-order valence-corrected chi connectivity index (χ1v) is 16.5. The number of amides is 3. The van der Waals surface area contributed by atoms with Crippen LogP contribution in [0.5, 0.6) is 5.75 Å². The molecule has 3 aliphatic heterocycles. The number of nitrogens with one attached hydrogen (secondary N) is 3. The van der Waals surface area contributed by atoms with E-state index in [-0.39, 0.29) is 38.2 Å². The van der Waals surface area contributed by atoms with Gasteiger partial charge in [-0.25, -0.2) is 8.42 Å². The minimum Gasteiger partial charge on any atom is -0.494 e. The number of morpholine rings is 1. The van der Waals surface area contributed by atoms with Gasteiger partial charge in [0.1, 0.15) is 30.4 Å². The quantitative estimate of drug-likeness (QED) is 0.407. The molecule has 2 saturated heterocycles. The highest BCUT2D eigenvalue weighted by Crippen LogP contribution is 2.23. The molecule has 3 atom stereocenters. The summed E-state index contributed by atoms with van der Waals surface area (Å²) >= 11 is 0. The first-order valence-electron chi connectivity index (χ1n) is 14.9. The standard InChI is InChI=1S/C28H40F3N5O7S/c29-28(30,31)19-32-25(37)22-7-1-2-13-43-21-6-3-5-20(17-21)18-24(36-9-4-16-44(36,40)41)27(39)34-23(26(38)33-22)8-10-35-11-14-42-15-12-35/h3,5-6,17,22-24H,1-2,4,7-16,18-19H2,(H,32,37)(H,33,38)(H,34,39)/t22-,23-,24-/m0/s1. The van der Waals surface area contributed by atoms with Crippen LogP contribution in [0.2, 0.25) is 0 Å². The summed E-state index contributed by atoms with van der Waals surface area (Å²) < 4.78 is 76.7. The minimum absolute atomic E-state index is 0.0303. The summed E-state index contributed by atoms with van der Waals surface area (Å²) in [7, 11) is -3.73. The Labute approximate surface area is 255 Å². The molecule has 16 heteroatoms. The van der Waals surface area contributed by atoms with E-state index in [1.807, 2.05) is 10.2 Å². The number of benzene rings is 1. The van der Waals surface area contributed by atoms with Gasteiger partial charge in [-0.1, -0.05) is 12.1 Å². The van der Waals surface area contributed by atoms with E-state index in [4.69, 9.17) is 9.47 Å². The van der Waals surface area contributed by atoms with Crippen LogP contribution in [-0.4, -0.2) is 118 Å². The predicted octanol–water partition coefficient (Wildman–Crippen LogP) is 0.566. The minimum atomic E-state index is -4.64. The zero-order valence-corrected chi connectivity index (χ0v) is 25.3. The number of hydrogen-bond acceptors (Lipinski definition) is 8. The lowest BCUT2D eigenvalue weighted by Gasteiger charge is -2.31. The van der Waals surface area contributed by atoms with Crippen molar-refractivity contribution in [2.75, 3.05) is 58.3 Å². The Bertz CT molecular complexity index is 1260. The highest BCUT2D eigenvalue weighted by Gasteiger charge is 2.40. The molecule has 0 radical (unpaired) electrons. The molecule has 2 fully saturated rings. The summed E-state index contributed by atoms with van der Waals surface area (Å²) in [6.07, 6.45) is -3.28. The summed E-state index contributed by atoms with van der Waals surface area (Å²) in [5.41, 5.74) is 0.674. The first kappa shape index (κ1) is 33.9. The number of rotatable bonds is 6. The van der Waals surface area contributed by atoms with Crippen LogP contribution in [0.1, 0.15) is 37.7 Å². The number of sulfonamides is 1. The van der Waals surface area contributed by atoms with E-state index in [1.165, 1.54) is 0 Å². The van der Waals surface area contributed by atoms with Crippen molar-refractivity contribution in [3.8, 4) is 5.75 Å². The molecule has 3 amide bonds. The van der Waals surface area contributed by atoms with Gasteiger partial charge in [0.2, 0.25) is 27.7 Å². The summed E-state index contributed by atoms with van der Waals surface area (Å²) in [6, 6.07) is 3.33. The summed E-state index contributed by atoms with van der Waals surface area (Å²) in [4.78, 5) is 42.3. The van der Waals surface area contributed by atoms with Crippen LogP contribution in [0.25, 0.3) is 0 Å². The number of carbonyl (C=O) groups excluding carboxylic acids is 3. The van der Waals surface area contributed by atoms with Crippen molar-refractivity contribution in [1.82, 2.24) is 25.2 Å². The van der Waals surface area contributed by atoms with Gasteiger partial charge in [0.05, 0.1) is 25.6 Å². The first-order chi connectivity index (χ1) is 20.9. The smallest absolute Gasteiger partial charge is 0.405 e. The normalized spacial score (nSPS) is 26.3. The Morgan fingerprint density at radius 2 is 1.80 bits per heavy atom. The molecule has 246 valence electrons. The van der Waals surface area contributed by atoms with Gasteiger partial charge in [-0.3, -0.25) is 19.3 Å². The maximum atomic E-state index is 13.8. The van der Waals surface area contributed by atoms with E-state index >= 15 is 0 Å². The van der Waals surface area contributed by atoms with Crippen molar-refractivity contribution < 1.29 is 45.4 Å². The van der Waals surface area contributed by atoms with Gasteiger partial charge >= 0.3 is 6.18 Å². The van der Waals surface area contributed by atoms with E-state index in [9.17, 15) is 36.0 Å². The SMILES string of the molecule is O=C(NCC(F)(F)F)[C@@H]1CCCCOc2cccc(c2)C[C@H](N2CCCS2(=O)=O)C(=O)N[C@@H](CCN2CCOCC2)C(=O)N1. The van der Waals surface area contributed by atoms with Crippen LogP contribution in [0.4, 0.5) is 13.2 Å². The molecule has 3 N–H and O–H groups in total. The van der Waals surface area contributed by atoms with Gasteiger partial charge in [-0.15, -0.1) is 0 Å². The second-order valence-corrected chi connectivity index (χ2v) is 13.2. The fraction of sp³-hybridized carbons (Fsp3) is 0.679. The molecule has 0 aromatic heterocycles. The maximum absolute atomic E-state index is 13.8. The van der Waals surface area contributed by atoms with E-state index in [1.54, 1.807) is 24.3 Å². The van der Waals surface area contributed by atoms with Gasteiger partial charge in [-0.2, -0.15) is 17.5 Å². The number of nitrogens with zero attached hydrogens (tertiary/aromatic N) is 2. The lowest BCUT2D eigenvalue weighted by Crippen LogP contribution is -2.58. The van der Waals surface area contributed by atoms with Crippen LogP contribution in [0.15, 0.2) is 24.3 Å². The second-order valence-electron chi connectivity index (χ2n) is 11.2. The number of hydrogen-bond donors (Lipinski definition) is 3. The molecule has 1 aromatic carbocycles. The monoisotopic (exact) mass is 647 g/mol. The van der Waals surface area contributed by atoms with Crippen LogP contribution in [0, 0.1) is 0 Å². The van der Waals surface area contributed by atoms with Crippen LogP contribution in [-0.2, 0) is 35.6 Å². The van der Waals surface area contributed by atoms with E-state index < -0.39 is 58.6 Å². The maximum Gasteiger partial charge on any atom is 0.405 e. The fourth-order valence-corrected chi connectivity index (χ4v) is 7.18. The number of fused-ring (bicyclic) bond motifs is 2. The highest BCUT2D eigenvalue weighted by molar-refractivity contribution is 7.89. The van der Waals surface area contributed by atoms with Gasteiger partial charge in [0.25, 0.3) is 0 Å². The number of halogens is 3. The second kappa shape index (κ2) is 15.4. The topological polar surface area (TPSA) is 146 Å². The Morgan fingerprint density at radius 1 is 1.02 bits per heavy atom. The van der Waals surface area contributed by atoms with E-state index in [0.717, 1.165) is 4.31 Å². The third-order valence-corrected chi connectivity index (χ3v) is 9.79. The van der Waals surface area contributed by atoms with Gasteiger partial charge in [0, 0.05) is 26.2 Å². The summed E-state index contributed by atoms with van der Waals surface area (Å²) in [6.45, 7) is 1.43. The van der Waals surface area contributed by atoms with Gasteiger partial charge in [-0.05, 0) is 56.2 Å². The molecule has 4 rings (SSSR count). The molecular formula is C28H40F3N5O7S. The average molecular weight is 648 g/mol. The number of carbonyl (C=O) groups is 3. The third-order valence-electron chi connectivity index (χ3n) is 7.84. The van der Waals surface area contributed by atoms with Crippen molar-refractivity contribution in [2.45, 2.75) is 62.8 Å². The van der Waals surface area contributed by atoms with E-state index in [2.05, 4.69) is 10.6 Å². The van der Waals surface area contributed by atoms with Crippen LogP contribution < -0.4 is 20.7 Å². The highest BCUT2D eigenvalue weighted by atomic mass is 32.2. The largest absolute Gasteiger partial charge is 0.494 e. The molecule has 0 aliphatic carbocycles.